The smallest absolute Gasteiger partial charge is 0.173 e. The van der Waals surface area contributed by atoms with Crippen molar-refractivity contribution in [3.8, 4) is 0 Å². The van der Waals surface area contributed by atoms with Crippen molar-refractivity contribution in [3.05, 3.63) is 52.7 Å². The molecule has 0 aliphatic heterocycles. The quantitative estimate of drug-likeness (QED) is 0.919. The van der Waals surface area contributed by atoms with Crippen LogP contribution in [0.15, 0.2) is 45.9 Å². The van der Waals surface area contributed by atoms with Crippen LogP contribution in [0.4, 0.5) is 0 Å². The number of halogens is 1. The number of nitrogens with one attached hydrogen (secondary N) is 1. The molecule has 0 bridgehead atoms. The first-order valence-corrected chi connectivity index (χ1v) is 6.45. The van der Waals surface area contributed by atoms with E-state index in [1.807, 2.05) is 30.6 Å². The lowest BCUT2D eigenvalue weighted by molar-refractivity contribution is 0.506. The van der Waals surface area contributed by atoms with E-state index in [0.29, 0.717) is 0 Å². The average Bonchev–Trinajstić information content (AvgIpc) is 2.76. The molecule has 1 atom stereocenters. The number of furan rings is 1. The molecule has 17 heavy (non-hydrogen) atoms. The van der Waals surface area contributed by atoms with Crippen molar-refractivity contribution < 1.29 is 4.42 Å². The van der Waals surface area contributed by atoms with Crippen LogP contribution in [0.1, 0.15) is 24.1 Å². The summed E-state index contributed by atoms with van der Waals surface area (Å²) in [6, 6.07) is 6.34. The second-order valence-electron chi connectivity index (χ2n) is 3.82. The monoisotopic (exact) mass is 294 g/mol. The second kappa shape index (κ2) is 5.98. The van der Waals surface area contributed by atoms with E-state index in [1.54, 1.807) is 6.26 Å². The van der Waals surface area contributed by atoms with Gasteiger partial charge in [-0.05, 0) is 52.7 Å². The third kappa shape index (κ3) is 3.17. The van der Waals surface area contributed by atoms with Gasteiger partial charge in [0.2, 0.25) is 0 Å². The Bertz CT molecular complexity index is 455. The summed E-state index contributed by atoms with van der Waals surface area (Å²) in [6.07, 6.45) is 6.27. The van der Waals surface area contributed by atoms with E-state index in [4.69, 9.17) is 4.42 Å². The van der Waals surface area contributed by atoms with E-state index < -0.39 is 0 Å². The van der Waals surface area contributed by atoms with Crippen LogP contribution in [-0.4, -0.2) is 11.5 Å². The molecule has 0 aliphatic carbocycles. The Morgan fingerprint density at radius 2 is 2.12 bits per heavy atom. The van der Waals surface area contributed by atoms with Crippen LogP contribution in [0.3, 0.4) is 0 Å². The van der Waals surface area contributed by atoms with Gasteiger partial charge >= 0.3 is 0 Å². The van der Waals surface area contributed by atoms with E-state index in [-0.39, 0.29) is 6.04 Å². The minimum atomic E-state index is 0.260. The van der Waals surface area contributed by atoms with Crippen molar-refractivity contribution in [2.45, 2.75) is 19.4 Å². The van der Waals surface area contributed by atoms with Gasteiger partial charge in [-0.1, -0.05) is 6.92 Å². The van der Waals surface area contributed by atoms with Crippen LogP contribution in [0, 0.1) is 0 Å². The summed E-state index contributed by atoms with van der Waals surface area (Å²) in [4.78, 5) is 4.03. The van der Waals surface area contributed by atoms with Gasteiger partial charge in [-0.2, -0.15) is 0 Å². The number of nitrogens with zero attached hydrogens (tertiary/aromatic N) is 1. The Morgan fingerprint density at radius 3 is 2.71 bits per heavy atom. The van der Waals surface area contributed by atoms with Crippen molar-refractivity contribution in [1.29, 1.82) is 0 Å². The van der Waals surface area contributed by atoms with Crippen LogP contribution < -0.4 is 5.32 Å². The second-order valence-corrected chi connectivity index (χ2v) is 4.54. The first kappa shape index (κ1) is 12.3. The molecule has 1 N–H and O–H groups in total. The lowest BCUT2D eigenvalue weighted by Gasteiger charge is -2.16. The molecule has 0 amide bonds. The third-order valence-corrected chi connectivity index (χ3v) is 3.31. The highest BCUT2D eigenvalue weighted by molar-refractivity contribution is 9.10. The summed E-state index contributed by atoms with van der Waals surface area (Å²) in [5.41, 5.74) is 2.42. The molecule has 0 spiro atoms. The van der Waals surface area contributed by atoms with Crippen LogP contribution in [-0.2, 0) is 6.42 Å². The summed E-state index contributed by atoms with van der Waals surface area (Å²) in [6.45, 7) is 3.03. The first-order valence-electron chi connectivity index (χ1n) is 5.66. The van der Waals surface area contributed by atoms with E-state index in [9.17, 15) is 0 Å². The van der Waals surface area contributed by atoms with E-state index in [0.717, 1.165) is 23.2 Å². The molecule has 2 aromatic rings. The summed E-state index contributed by atoms with van der Waals surface area (Å²) in [7, 11) is 0. The van der Waals surface area contributed by atoms with Gasteiger partial charge in [0, 0.05) is 24.0 Å². The molecule has 1 unspecified atom stereocenters. The summed E-state index contributed by atoms with van der Waals surface area (Å²) in [5.74, 6) is 0. The molecular formula is C13H15BrN2O. The molecule has 2 rings (SSSR count). The van der Waals surface area contributed by atoms with Gasteiger partial charge in [-0.15, -0.1) is 0 Å². The normalized spacial score (nSPS) is 12.6. The highest BCUT2D eigenvalue weighted by Crippen LogP contribution is 2.26. The zero-order valence-electron chi connectivity index (χ0n) is 9.69. The maximum absolute atomic E-state index is 5.29. The maximum Gasteiger partial charge on any atom is 0.173 e. The van der Waals surface area contributed by atoms with Crippen molar-refractivity contribution in [3.63, 3.8) is 0 Å². The largest absolute Gasteiger partial charge is 0.457 e. The third-order valence-electron chi connectivity index (χ3n) is 2.66. The Labute approximate surface area is 109 Å². The highest BCUT2D eigenvalue weighted by Gasteiger charge is 2.16. The molecule has 0 aromatic carbocycles. The van der Waals surface area contributed by atoms with Crippen molar-refractivity contribution >= 4 is 15.9 Å². The molecule has 0 radical (unpaired) electrons. The van der Waals surface area contributed by atoms with Gasteiger partial charge in [0.25, 0.3) is 0 Å². The fraction of sp³-hybridized carbons (Fsp3) is 0.308. The summed E-state index contributed by atoms with van der Waals surface area (Å²) < 4.78 is 6.10. The highest BCUT2D eigenvalue weighted by atomic mass is 79.9. The number of aromatic nitrogens is 1. The SMILES string of the molecule is CCNC(Cc1ccncc1)c1ccoc1Br. The Morgan fingerprint density at radius 1 is 1.35 bits per heavy atom. The Kier molecular flexibility index (Phi) is 4.34. The van der Waals surface area contributed by atoms with Gasteiger partial charge in [-0.3, -0.25) is 4.98 Å². The summed E-state index contributed by atoms with van der Waals surface area (Å²) >= 11 is 3.43. The minimum absolute atomic E-state index is 0.260. The van der Waals surface area contributed by atoms with Crippen molar-refractivity contribution in [2.75, 3.05) is 6.54 Å². The Hall–Kier alpha value is -1.13. The standard InChI is InChI=1S/C13H15BrN2O/c1-2-16-12(11-5-8-17-13(11)14)9-10-3-6-15-7-4-10/h3-8,12,16H,2,9H2,1H3. The molecule has 0 saturated carbocycles. The molecule has 0 saturated heterocycles. The number of hydrogen-bond acceptors (Lipinski definition) is 3. The Balaban J connectivity index is 2.16. The molecule has 0 aliphatic rings. The van der Waals surface area contributed by atoms with E-state index in [2.05, 4.69) is 33.2 Å². The fourth-order valence-electron chi connectivity index (χ4n) is 1.85. The zero-order chi connectivity index (χ0) is 12.1. The molecule has 2 aromatic heterocycles. The number of rotatable bonds is 5. The maximum atomic E-state index is 5.29. The predicted molar refractivity (Wildman–Crippen MR) is 70.8 cm³/mol. The average molecular weight is 295 g/mol. The molecular weight excluding hydrogens is 280 g/mol. The van der Waals surface area contributed by atoms with Gasteiger partial charge in [-0.25, -0.2) is 0 Å². The summed E-state index contributed by atoms with van der Waals surface area (Å²) in [5, 5.41) is 3.46. The van der Waals surface area contributed by atoms with Gasteiger partial charge in [0.15, 0.2) is 4.67 Å². The predicted octanol–water partition coefficient (Wildman–Crippen LogP) is 3.33. The van der Waals surface area contributed by atoms with E-state index >= 15 is 0 Å². The number of hydrogen-bond donors (Lipinski definition) is 1. The molecule has 0 fully saturated rings. The van der Waals surface area contributed by atoms with Crippen molar-refractivity contribution in [1.82, 2.24) is 10.3 Å². The van der Waals surface area contributed by atoms with Gasteiger partial charge in [0.05, 0.1) is 6.26 Å². The van der Waals surface area contributed by atoms with Crippen molar-refractivity contribution in [2.24, 2.45) is 0 Å². The molecule has 4 heteroatoms. The number of pyridine rings is 1. The topological polar surface area (TPSA) is 38.1 Å². The molecule has 90 valence electrons. The van der Waals surface area contributed by atoms with Gasteiger partial charge < -0.3 is 9.73 Å². The molecule has 2 heterocycles. The fourth-order valence-corrected chi connectivity index (χ4v) is 2.36. The number of likely N-dealkylation sites (N-methyl/N-ethyl adjacent to an activating group) is 1. The lowest BCUT2D eigenvalue weighted by atomic mass is 10.0. The zero-order valence-corrected chi connectivity index (χ0v) is 11.3. The van der Waals surface area contributed by atoms with E-state index in [1.165, 1.54) is 5.56 Å². The van der Waals surface area contributed by atoms with Crippen LogP contribution in [0.25, 0.3) is 0 Å². The minimum Gasteiger partial charge on any atom is -0.457 e. The van der Waals surface area contributed by atoms with Crippen LogP contribution in [0.2, 0.25) is 0 Å². The molecule has 3 nitrogen and oxygen atoms in total. The van der Waals surface area contributed by atoms with Crippen LogP contribution in [0.5, 0.6) is 0 Å². The lowest BCUT2D eigenvalue weighted by Crippen LogP contribution is -2.22. The van der Waals surface area contributed by atoms with Gasteiger partial charge in [0.1, 0.15) is 0 Å². The van der Waals surface area contributed by atoms with Crippen LogP contribution >= 0.6 is 15.9 Å². The first-order chi connectivity index (χ1) is 8.31.